The standard InChI is InChI=1S/C28H42N2O5/c1-5-7-9-11-12-13-18-29-25-21-23(30(32)33)15-16-24(25)26(35-20-17-22(3)4)27(28(29)31)34-19-14-10-8-6-2/h15-17,21H,5-14,18-20H2,1-4H3. The number of pyridine rings is 1. The van der Waals surface area contributed by atoms with Gasteiger partial charge in [0, 0.05) is 24.1 Å². The van der Waals surface area contributed by atoms with Gasteiger partial charge in [-0.25, -0.2) is 0 Å². The number of fused-ring (bicyclic) bond motifs is 1. The first-order valence-corrected chi connectivity index (χ1v) is 13.1. The van der Waals surface area contributed by atoms with E-state index in [0.717, 1.165) is 50.5 Å². The number of hydrogen-bond donors (Lipinski definition) is 0. The molecule has 0 atom stereocenters. The molecule has 2 rings (SSSR count). The lowest BCUT2D eigenvalue weighted by molar-refractivity contribution is -0.384. The van der Waals surface area contributed by atoms with Crippen molar-refractivity contribution >= 4 is 16.6 Å². The van der Waals surface area contributed by atoms with Crippen LogP contribution >= 0.6 is 0 Å². The molecule has 194 valence electrons. The van der Waals surface area contributed by atoms with Crippen molar-refractivity contribution in [3.8, 4) is 11.5 Å². The van der Waals surface area contributed by atoms with E-state index in [1.54, 1.807) is 10.6 Å². The highest BCUT2D eigenvalue weighted by Gasteiger charge is 2.21. The molecule has 2 aromatic rings. The number of nitrogens with zero attached hydrogens (tertiary/aromatic N) is 2. The number of aryl methyl sites for hydroxylation is 1. The van der Waals surface area contributed by atoms with E-state index in [1.165, 1.54) is 31.4 Å². The number of ether oxygens (including phenoxy) is 2. The second-order valence-corrected chi connectivity index (χ2v) is 9.34. The zero-order valence-electron chi connectivity index (χ0n) is 21.9. The summed E-state index contributed by atoms with van der Waals surface area (Å²) in [7, 11) is 0. The second-order valence-electron chi connectivity index (χ2n) is 9.34. The average Bonchev–Trinajstić information content (AvgIpc) is 2.83. The molecule has 0 aliphatic rings. The Hall–Kier alpha value is -2.83. The van der Waals surface area contributed by atoms with Gasteiger partial charge in [0.1, 0.15) is 6.61 Å². The van der Waals surface area contributed by atoms with Gasteiger partial charge in [0.15, 0.2) is 5.75 Å². The van der Waals surface area contributed by atoms with Crippen LogP contribution in [0.1, 0.15) is 91.9 Å². The second kappa shape index (κ2) is 15.2. The van der Waals surface area contributed by atoms with Crippen molar-refractivity contribution in [3.63, 3.8) is 0 Å². The molecule has 35 heavy (non-hydrogen) atoms. The minimum absolute atomic E-state index is 0.0444. The summed E-state index contributed by atoms with van der Waals surface area (Å²) in [6, 6.07) is 4.61. The first-order valence-electron chi connectivity index (χ1n) is 13.1. The van der Waals surface area contributed by atoms with Gasteiger partial charge in [0.25, 0.3) is 11.2 Å². The molecule has 0 bridgehead atoms. The van der Waals surface area contributed by atoms with E-state index in [-0.39, 0.29) is 17.0 Å². The maximum atomic E-state index is 13.6. The summed E-state index contributed by atoms with van der Waals surface area (Å²) in [5.41, 5.74) is 1.29. The van der Waals surface area contributed by atoms with Gasteiger partial charge in [0.05, 0.1) is 17.0 Å². The highest BCUT2D eigenvalue weighted by Crippen LogP contribution is 2.35. The summed E-state index contributed by atoms with van der Waals surface area (Å²) < 4.78 is 13.7. The van der Waals surface area contributed by atoms with E-state index in [1.807, 2.05) is 19.9 Å². The monoisotopic (exact) mass is 486 g/mol. The first kappa shape index (κ1) is 28.4. The molecular weight excluding hydrogens is 444 g/mol. The van der Waals surface area contributed by atoms with E-state index >= 15 is 0 Å². The minimum atomic E-state index is -0.430. The number of rotatable bonds is 17. The van der Waals surface area contributed by atoms with Gasteiger partial charge in [-0.15, -0.1) is 0 Å². The number of allylic oxidation sites excluding steroid dienone is 1. The molecule has 0 saturated carbocycles. The fourth-order valence-corrected chi connectivity index (χ4v) is 4.04. The molecule has 1 aromatic carbocycles. The van der Waals surface area contributed by atoms with Crippen LogP contribution in [0.3, 0.4) is 0 Å². The van der Waals surface area contributed by atoms with Crippen molar-refractivity contribution in [3.05, 3.63) is 50.3 Å². The van der Waals surface area contributed by atoms with Gasteiger partial charge in [-0.05, 0) is 38.8 Å². The lowest BCUT2D eigenvalue weighted by Crippen LogP contribution is -2.24. The third kappa shape index (κ3) is 8.71. The van der Waals surface area contributed by atoms with Crippen LogP contribution in [-0.2, 0) is 6.54 Å². The fraction of sp³-hybridized carbons (Fsp3) is 0.607. The lowest BCUT2D eigenvalue weighted by Gasteiger charge is -2.18. The molecule has 1 aromatic heterocycles. The number of benzene rings is 1. The van der Waals surface area contributed by atoms with Crippen molar-refractivity contribution < 1.29 is 14.4 Å². The number of hydrogen-bond acceptors (Lipinski definition) is 5. The van der Waals surface area contributed by atoms with Crippen molar-refractivity contribution in [2.45, 2.75) is 98.4 Å². The highest BCUT2D eigenvalue weighted by atomic mass is 16.6. The van der Waals surface area contributed by atoms with Crippen molar-refractivity contribution in [1.29, 1.82) is 0 Å². The maximum absolute atomic E-state index is 13.6. The molecule has 7 heteroatoms. The minimum Gasteiger partial charge on any atom is -0.485 e. The van der Waals surface area contributed by atoms with Crippen molar-refractivity contribution in [2.24, 2.45) is 0 Å². The Morgan fingerprint density at radius 2 is 1.60 bits per heavy atom. The Morgan fingerprint density at radius 1 is 0.943 bits per heavy atom. The van der Waals surface area contributed by atoms with Crippen LogP contribution in [0.2, 0.25) is 0 Å². The molecule has 0 unspecified atom stereocenters. The Morgan fingerprint density at radius 3 is 2.26 bits per heavy atom. The van der Waals surface area contributed by atoms with Crippen LogP contribution in [-0.4, -0.2) is 22.7 Å². The van der Waals surface area contributed by atoms with E-state index in [0.29, 0.717) is 36.4 Å². The fourth-order valence-electron chi connectivity index (χ4n) is 4.04. The Kier molecular flexibility index (Phi) is 12.4. The molecule has 0 fully saturated rings. The molecular formula is C28H42N2O5. The van der Waals surface area contributed by atoms with Crippen molar-refractivity contribution in [1.82, 2.24) is 4.57 Å². The van der Waals surface area contributed by atoms with Crippen LogP contribution < -0.4 is 15.0 Å². The molecule has 0 radical (unpaired) electrons. The maximum Gasteiger partial charge on any atom is 0.297 e. The normalized spacial score (nSPS) is 11.0. The predicted molar refractivity (Wildman–Crippen MR) is 143 cm³/mol. The molecule has 0 saturated heterocycles. The summed E-state index contributed by atoms with van der Waals surface area (Å²) >= 11 is 0. The van der Waals surface area contributed by atoms with Crippen LogP contribution in [0.25, 0.3) is 10.9 Å². The summed E-state index contributed by atoms with van der Waals surface area (Å²) in [4.78, 5) is 24.7. The molecule has 0 N–H and O–H groups in total. The Balaban J connectivity index is 2.48. The van der Waals surface area contributed by atoms with Crippen LogP contribution in [0.15, 0.2) is 34.6 Å². The van der Waals surface area contributed by atoms with Gasteiger partial charge in [-0.2, -0.15) is 0 Å². The Bertz CT molecular complexity index is 1040. The number of non-ortho nitro benzene ring substituents is 1. The number of nitro groups is 1. The van der Waals surface area contributed by atoms with E-state index in [2.05, 4.69) is 13.8 Å². The first-order chi connectivity index (χ1) is 16.9. The van der Waals surface area contributed by atoms with Crippen LogP contribution in [0.4, 0.5) is 5.69 Å². The van der Waals surface area contributed by atoms with E-state index < -0.39 is 4.92 Å². The van der Waals surface area contributed by atoms with Gasteiger partial charge in [0.2, 0.25) is 5.75 Å². The smallest absolute Gasteiger partial charge is 0.297 e. The topological polar surface area (TPSA) is 83.6 Å². The number of aromatic nitrogens is 1. The third-order valence-electron chi connectivity index (χ3n) is 6.07. The quantitative estimate of drug-likeness (QED) is 0.0996. The Labute approximate surface area is 209 Å². The predicted octanol–water partition coefficient (Wildman–Crippen LogP) is 7.57. The summed E-state index contributed by atoms with van der Waals surface area (Å²) in [5.74, 6) is 0.572. The number of unbranched alkanes of at least 4 members (excludes halogenated alkanes) is 8. The SMILES string of the molecule is CCCCCCCCn1c(=O)c(OCCCCCC)c(OCC=C(C)C)c2ccc([N+](=O)[O-])cc21. The largest absolute Gasteiger partial charge is 0.485 e. The molecule has 1 heterocycles. The van der Waals surface area contributed by atoms with Gasteiger partial charge >= 0.3 is 0 Å². The zero-order valence-corrected chi connectivity index (χ0v) is 21.9. The summed E-state index contributed by atoms with van der Waals surface area (Å²) in [5, 5.41) is 12.1. The molecule has 0 aliphatic carbocycles. The van der Waals surface area contributed by atoms with Gasteiger partial charge in [-0.3, -0.25) is 14.9 Å². The molecule has 7 nitrogen and oxygen atoms in total. The lowest BCUT2D eigenvalue weighted by atomic mass is 10.1. The van der Waals surface area contributed by atoms with Gasteiger partial charge < -0.3 is 14.0 Å². The zero-order chi connectivity index (χ0) is 25.6. The molecule has 0 spiro atoms. The molecule has 0 amide bonds. The molecule has 0 aliphatic heterocycles. The van der Waals surface area contributed by atoms with Crippen LogP contribution in [0.5, 0.6) is 11.5 Å². The van der Waals surface area contributed by atoms with Crippen molar-refractivity contribution in [2.75, 3.05) is 13.2 Å². The van der Waals surface area contributed by atoms with E-state index in [9.17, 15) is 14.9 Å². The average molecular weight is 487 g/mol. The van der Waals surface area contributed by atoms with Gasteiger partial charge in [-0.1, -0.05) is 70.8 Å². The summed E-state index contributed by atoms with van der Waals surface area (Å²) in [6.07, 6.45) is 12.6. The number of nitro benzene ring substituents is 1. The summed E-state index contributed by atoms with van der Waals surface area (Å²) in [6.45, 7) is 9.51. The third-order valence-corrected chi connectivity index (χ3v) is 6.07. The van der Waals surface area contributed by atoms with E-state index in [4.69, 9.17) is 9.47 Å². The van der Waals surface area contributed by atoms with Crippen LogP contribution in [0, 0.1) is 10.1 Å². The highest BCUT2D eigenvalue weighted by molar-refractivity contribution is 5.89.